The molecule has 0 saturated heterocycles. The fourth-order valence-corrected chi connectivity index (χ4v) is 2.27. The van der Waals surface area contributed by atoms with Gasteiger partial charge in [-0.2, -0.15) is 0 Å². The summed E-state index contributed by atoms with van der Waals surface area (Å²) in [5.41, 5.74) is 1.09. The molecule has 1 aliphatic carbocycles. The predicted octanol–water partition coefficient (Wildman–Crippen LogP) is 2.46. The largest absolute Gasteiger partial charge is 0.467 e. The summed E-state index contributed by atoms with van der Waals surface area (Å²) in [5, 5.41) is 0. The summed E-state index contributed by atoms with van der Waals surface area (Å²) in [5.74, 6) is 0.348. The molecule has 1 aromatic carbocycles. The van der Waals surface area contributed by atoms with Crippen molar-refractivity contribution >= 4 is 11.7 Å². The molecule has 1 atom stereocenters. The minimum absolute atomic E-state index is 0.113. The second kappa shape index (κ2) is 5.21. The third-order valence-electron chi connectivity index (χ3n) is 3.28. The van der Waals surface area contributed by atoms with E-state index in [-0.39, 0.29) is 12.0 Å². The van der Waals surface area contributed by atoms with E-state index >= 15 is 0 Å². The number of para-hydroxylation sites is 1. The monoisotopic (exact) mass is 233 g/mol. The molecule has 1 aromatic rings. The van der Waals surface area contributed by atoms with Crippen molar-refractivity contribution in [1.29, 1.82) is 0 Å². The minimum atomic E-state index is -0.118. The van der Waals surface area contributed by atoms with Gasteiger partial charge < -0.3 is 9.64 Å². The highest BCUT2D eigenvalue weighted by Crippen LogP contribution is 2.37. The highest BCUT2D eigenvalue weighted by Gasteiger charge is 2.40. The highest BCUT2D eigenvalue weighted by atomic mass is 16.5. The van der Waals surface area contributed by atoms with Crippen molar-refractivity contribution in [3.63, 3.8) is 0 Å². The molecular formula is C14H19NO2. The maximum atomic E-state index is 11.9. The number of esters is 1. The number of nitrogens with zero attached hydrogens (tertiary/aromatic N) is 1. The Morgan fingerprint density at radius 3 is 2.53 bits per heavy atom. The first-order valence-corrected chi connectivity index (χ1v) is 6.17. The topological polar surface area (TPSA) is 29.5 Å². The lowest BCUT2D eigenvalue weighted by Gasteiger charge is -2.30. The standard InChI is InChI=1S/C14H19NO2/c1-3-15(12-7-5-4-6-8-12)13(11-9-10-11)14(16)17-2/h4-8,11,13H,3,9-10H2,1-2H3. The second-order valence-electron chi connectivity index (χ2n) is 4.43. The van der Waals surface area contributed by atoms with Crippen molar-refractivity contribution < 1.29 is 9.53 Å². The number of hydrogen-bond acceptors (Lipinski definition) is 3. The Labute approximate surface area is 102 Å². The molecule has 0 amide bonds. The Hall–Kier alpha value is -1.51. The lowest BCUT2D eigenvalue weighted by molar-refractivity contribution is -0.142. The zero-order chi connectivity index (χ0) is 12.3. The molecular weight excluding hydrogens is 214 g/mol. The normalized spacial score (nSPS) is 16.4. The van der Waals surface area contributed by atoms with E-state index in [0.717, 1.165) is 25.1 Å². The number of likely N-dealkylation sites (N-methyl/N-ethyl adjacent to an activating group) is 1. The van der Waals surface area contributed by atoms with Crippen molar-refractivity contribution in [2.45, 2.75) is 25.8 Å². The molecule has 0 aromatic heterocycles. The first-order chi connectivity index (χ1) is 8.27. The lowest BCUT2D eigenvalue weighted by Crippen LogP contribution is -2.43. The Bertz CT molecular complexity index is 373. The third-order valence-corrected chi connectivity index (χ3v) is 3.28. The Kier molecular flexibility index (Phi) is 3.67. The van der Waals surface area contributed by atoms with E-state index in [1.807, 2.05) is 30.3 Å². The van der Waals surface area contributed by atoms with E-state index in [2.05, 4.69) is 11.8 Å². The average Bonchev–Trinajstić information content (AvgIpc) is 3.20. The number of carbonyl (C=O) groups excluding carboxylic acids is 1. The quantitative estimate of drug-likeness (QED) is 0.732. The van der Waals surface area contributed by atoms with Gasteiger partial charge in [0.25, 0.3) is 0 Å². The molecule has 3 heteroatoms. The lowest BCUT2D eigenvalue weighted by atomic mass is 10.1. The van der Waals surface area contributed by atoms with Gasteiger partial charge in [-0.3, -0.25) is 0 Å². The first kappa shape index (κ1) is 12.0. The van der Waals surface area contributed by atoms with Gasteiger partial charge in [-0.1, -0.05) is 18.2 Å². The molecule has 2 rings (SSSR count). The summed E-state index contributed by atoms with van der Waals surface area (Å²) in [6, 6.07) is 9.95. The molecule has 0 aliphatic heterocycles. The van der Waals surface area contributed by atoms with Crippen molar-refractivity contribution in [2.75, 3.05) is 18.6 Å². The summed E-state index contributed by atoms with van der Waals surface area (Å²) in [7, 11) is 1.47. The van der Waals surface area contributed by atoms with Crippen LogP contribution < -0.4 is 4.90 Å². The van der Waals surface area contributed by atoms with Crippen LogP contribution in [0.1, 0.15) is 19.8 Å². The van der Waals surface area contributed by atoms with Gasteiger partial charge in [0, 0.05) is 12.2 Å². The molecule has 0 spiro atoms. The van der Waals surface area contributed by atoms with Gasteiger partial charge in [-0.25, -0.2) is 4.79 Å². The van der Waals surface area contributed by atoms with Crippen molar-refractivity contribution in [1.82, 2.24) is 0 Å². The summed E-state index contributed by atoms with van der Waals surface area (Å²) in [6.45, 7) is 2.89. The maximum Gasteiger partial charge on any atom is 0.328 e. The van der Waals surface area contributed by atoms with Crippen LogP contribution in [0.5, 0.6) is 0 Å². The van der Waals surface area contributed by atoms with Crippen LogP contribution >= 0.6 is 0 Å². The van der Waals surface area contributed by atoms with Crippen LogP contribution in [0.25, 0.3) is 0 Å². The fourth-order valence-electron chi connectivity index (χ4n) is 2.27. The van der Waals surface area contributed by atoms with Gasteiger partial charge in [0.2, 0.25) is 0 Å². The van der Waals surface area contributed by atoms with Crippen LogP contribution in [0, 0.1) is 5.92 Å². The summed E-state index contributed by atoms with van der Waals surface area (Å²) in [6.07, 6.45) is 2.26. The van der Waals surface area contributed by atoms with Crippen LogP contribution in [0.4, 0.5) is 5.69 Å². The van der Waals surface area contributed by atoms with E-state index in [1.54, 1.807) is 0 Å². The number of anilines is 1. The van der Waals surface area contributed by atoms with Gasteiger partial charge in [0.1, 0.15) is 6.04 Å². The van der Waals surface area contributed by atoms with Crippen molar-refractivity contribution in [3.05, 3.63) is 30.3 Å². The van der Waals surface area contributed by atoms with Crippen molar-refractivity contribution in [2.24, 2.45) is 5.92 Å². The minimum Gasteiger partial charge on any atom is -0.467 e. The Morgan fingerprint density at radius 1 is 1.41 bits per heavy atom. The zero-order valence-electron chi connectivity index (χ0n) is 10.4. The second-order valence-corrected chi connectivity index (χ2v) is 4.43. The van der Waals surface area contributed by atoms with Gasteiger partial charge >= 0.3 is 5.97 Å². The van der Waals surface area contributed by atoms with Gasteiger partial charge in [-0.15, -0.1) is 0 Å². The molecule has 3 nitrogen and oxygen atoms in total. The number of benzene rings is 1. The van der Waals surface area contributed by atoms with Gasteiger partial charge in [-0.05, 0) is 37.8 Å². The van der Waals surface area contributed by atoms with E-state index in [4.69, 9.17) is 4.74 Å². The molecule has 0 N–H and O–H groups in total. The number of ether oxygens (including phenoxy) is 1. The van der Waals surface area contributed by atoms with Crippen LogP contribution in [0.15, 0.2) is 30.3 Å². The molecule has 1 aliphatic rings. The molecule has 1 fully saturated rings. The van der Waals surface area contributed by atoms with Crippen molar-refractivity contribution in [3.8, 4) is 0 Å². The highest BCUT2D eigenvalue weighted by molar-refractivity contribution is 5.81. The summed E-state index contributed by atoms with van der Waals surface area (Å²) >= 11 is 0. The fraction of sp³-hybridized carbons (Fsp3) is 0.500. The Morgan fingerprint density at radius 2 is 2.06 bits per heavy atom. The SMILES string of the molecule is CCN(c1ccccc1)C(C(=O)OC)C1CC1. The average molecular weight is 233 g/mol. The molecule has 0 radical (unpaired) electrons. The van der Waals surface area contributed by atoms with E-state index in [1.165, 1.54) is 7.11 Å². The van der Waals surface area contributed by atoms with Gasteiger partial charge in [0.05, 0.1) is 7.11 Å². The molecule has 1 saturated carbocycles. The van der Waals surface area contributed by atoms with Gasteiger partial charge in [0.15, 0.2) is 0 Å². The molecule has 1 unspecified atom stereocenters. The first-order valence-electron chi connectivity index (χ1n) is 6.17. The van der Waals surface area contributed by atoms with Crippen LogP contribution in [-0.2, 0) is 9.53 Å². The number of methoxy groups -OCH3 is 1. The van der Waals surface area contributed by atoms with Crippen LogP contribution in [-0.4, -0.2) is 25.7 Å². The number of carbonyl (C=O) groups is 1. The Balaban J connectivity index is 2.23. The third kappa shape index (κ3) is 2.60. The maximum absolute atomic E-state index is 11.9. The predicted molar refractivity (Wildman–Crippen MR) is 68.0 cm³/mol. The smallest absolute Gasteiger partial charge is 0.328 e. The summed E-state index contributed by atoms with van der Waals surface area (Å²) < 4.78 is 4.94. The molecule has 17 heavy (non-hydrogen) atoms. The number of hydrogen-bond donors (Lipinski definition) is 0. The number of rotatable bonds is 5. The molecule has 0 bridgehead atoms. The van der Waals surface area contributed by atoms with Crippen LogP contribution in [0.3, 0.4) is 0 Å². The molecule has 92 valence electrons. The molecule has 0 heterocycles. The van der Waals surface area contributed by atoms with E-state index in [9.17, 15) is 4.79 Å². The van der Waals surface area contributed by atoms with Crippen LogP contribution in [0.2, 0.25) is 0 Å². The zero-order valence-corrected chi connectivity index (χ0v) is 10.4. The van der Waals surface area contributed by atoms with E-state index < -0.39 is 0 Å². The van der Waals surface area contributed by atoms with E-state index in [0.29, 0.717) is 5.92 Å². The summed E-state index contributed by atoms with van der Waals surface area (Å²) in [4.78, 5) is 14.0.